The fourth-order valence-electron chi connectivity index (χ4n) is 1.70. The number of nitrogens with zero attached hydrogens (tertiary/aromatic N) is 2. The van der Waals surface area contributed by atoms with E-state index in [1.165, 1.54) is 4.68 Å². The number of anilines is 1. The number of aromatic nitrogens is 2. The maximum absolute atomic E-state index is 11.1. The van der Waals surface area contributed by atoms with Gasteiger partial charge in [0.15, 0.2) is 0 Å². The molecule has 0 bridgehead atoms. The number of furan rings is 1. The lowest BCUT2D eigenvalue weighted by atomic mass is 10.1. The second-order valence-electron chi connectivity index (χ2n) is 3.72. The van der Waals surface area contributed by atoms with Crippen molar-refractivity contribution < 1.29 is 14.3 Å². The van der Waals surface area contributed by atoms with Gasteiger partial charge in [0.25, 0.3) is 0 Å². The van der Waals surface area contributed by atoms with E-state index in [0.717, 1.165) is 5.76 Å². The van der Waals surface area contributed by atoms with Crippen molar-refractivity contribution in [3.63, 3.8) is 0 Å². The molecule has 6 nitrogen and oxygen atoms in total. The quantitative estimate of drug-likeness (QED) is 0.826. The highest BCUT2D eigenvalue weighted by molar-refractivity contribution is 5.94. The lowest BCUT2D eigenvalue weighted by molar-refractivity contribution is 0.0697. The van der Waals surface area contributed by atoms with Crippen LogP contribution in [0.15, 0.2) is 22.8 Å². The van der Waals surface area contributed by atoms with Gasteiger partial charge in [0.2, 0.25) is 0 Å². The van der Waals surface area contributed by atoms with Crippen LogP contribution in [0, 0.1) is 0 Å². The minimum atomic E-state index is -1.05. The zero-order chi connectivity index (χ0) is 12.4. The molecule has 0 spiro atoms. The number of carboxylic acids is 1. The Morgan fingerprint density at radius 1 is 1.59 bits per heavy atom. The highest BCUT2D eigenvalue weighted by Crippen LogP contribution is 2.18. The zero-order valence-electron chi connectivity index (χ0n) is 9.38. The van der Waals surface area contributed by atoms with E-state index in [4.69, 9.17) is 15.3 Å². The van der Waals surface area contributed by atoms with E-state index in [2.05, 4.69) is 5.10 Å². The maximum Gasteiger partial charge on any atom is 0.341 e. The fourth-order valence-corrected chi connectivity index (χ4v) is 1.70. The van der Waals surface area contributed by atoms with Crippen LogP contribution in [0.2, 0.25) is 0 Å². The second kappa shape index (κ2) is 4.32. The minimum Gasteiger partial charge on any atom is -0.477 e. The topological polar surface area (TPSA) is 94.3 Å². The summed E-state index contributed by atoms with van der Waals surface area (Å²) in [4.78, 5) is 11.1. The van der Waals surface area contributed by atoms with Crippen LogP contribution in [0.25, 0.3) is 0 Å². The minimum absolute atomic E-state index is 0.0825. The molecule has 0 aromatic carbocycles. The van der Waals surface area contributed by atoms with E-state index in [1.807, 2.05) is 6.07 Å². The molecule has 2 aromatic heterocycles. The van der Waals surface area contributed by atoms with Gasteiger partial charge in [-0.2, -0.15) is 5.10 Å². The summed E-state index contributed by atoms with van der Waals surface area (Å²) in [6.07, 6.45) is 2.67. The Labute approximate surface area is 97.6 Å². The van der Waals surface area contributed by atoms with Crippen LogP contribution in [-0.4, -0.2) is 20.9 Å². The average Bonchev–Trinajstić information content (AvgIpc) is 2.85. The first-order chi connectivity index (χ1) is 8.09. The lowest BCUT2D eigenvalue weighted by Gasteiger charge is -1.97. The van der Waals surface area contributed by atoms with Crippen molar-refractivity contribution >= 4 is 11.8 Å². The van der Waals surface area contributed by atoms with Gasteiger partial charge in [0.05, 0.1) is 12.0 Å². The van der Waals surface area contributed by atoms with Crippen LogP contribution >= 0.6 is 0 Å². The number of rotatable bonds is 4. The number of aromatic carboxylic acids is 1. The van der Waals surface area contributed by atoms with Gasteiger partial charge in [-0.15, -0.1) is 0 Å². The van der Waals surface area contributed by atoms with E-state index >= 15 is 0 Å². The molecule has 0 aliphatic rings. The highest BCUT2D eigenvalue weighted by Gasteiger charge is 2.19. The molecule has 90 valence electrons. The van der Waals surface area contributed by atoms with Gasteiger partial charge in [-0.05, 0) is 18.6 Å². The molecule has 0 amide bonds. The van der Waals surface area contributed by atoms with Crippen molar-refractivity contribution in [3.8, 4) is 0 Å². The Hall–Kier alpha value is -2.24. The summed E-state index contributed by atoms with van der Waals surface area (Å²) >= 11 is 0. The number of carbonyl (C=O) groups is 1. The highest BCUT2D eigenvalue weighted by atomic mass is 16.4. The molecule has 0 atom stereocenters. The van der Waals surface area contributed by atoms with Crippen LogP contribution in [0.4, 0.5) is 5.82 Å². The van der Waals surface area contributed by atoms with Gasteiger partial charge >= 0.3 is 5.97 Å². The third-order valence-electron chi connectivity index (χ3n) is 2.57. The van der Waals surface area contributed by atoms with Crippen LogP contribution < -0.4 is 5.73 Å². The molecule has 3 N–H and O–H groups in total. The molecule has 2 heterocycles. The van der Waals surface area contributed by atoms with Gasteiger partial charge in [-0.1, -0.05) is 0 Å². The summed E-state index contributed by atoms with van der Waals surface area (Å²) in [6, 6.07) is 3.63. The molecule has 0 saturated carbocycles. The maximum atomic E-state index is 11.1. The lowest BCUT2D eigenvalue weighted by Crippen LogP contribution is -2.05. The molecule has 17 heavy (non-hydrogen) atoms. The van der Waals surface area contributed by atoms with Crippen LogP contribution in [-0.2, 0) is 19.9 Å². The zero-order valence-corrected chi connectivity index (χ0v) is 9.38. The standard InChI is InChI=1S/C11H13N3O3/c1-14-10(12)9(11(15)16)8(13-14)5-4-7-3-2-6-17-7/h2-3,6H,4-5,12H2,1H3,(H,15,16). The van der Waals surface area contributed by atoms with E-state index in [9.17, 15) is 4.79 Å². The van der Waals surface area contributed by atoms with Crippen molar-refractivity contribution in [3.05, 3.63) is 35.4 Å². The van der Waals surface area contributed by atoms with Gasteiger partial charge < -0.3 is 15.3 Å². The van der Waals surface area contributed by atoms with E-state index in [0.29, 0.717) is 18.5 Å². The number of carboxylic acid groups (broad SMARTS) is 1. The smallest absolute Gasteiger partial charge is 0.341 e. The predicted molar refractivity (Wildman–Crippen MR) is 60.7 cm³/mol. The molecule has 2 rings (SSSR count). The van der Waals surface area contributed by atoms with E-state index in [1.54, 1.807) is 19.4 Å². The second-order valence-corrected chi connectivity index (χ2v) is 3.72. The Morgan fingerprint density at radius 3 is 2.94 bits per heavy atom. The molecule has 0 radical (unpaired) electrons. The van der Waals surface area contributed by atoms with E-state index < -0.39 is 5.97 Å². The summed E-state index contributed by atoms with van der Waals surface area (Å²) in [5.74, 6) is -0.0810. The Kier molecular flexibility index (Phi) is 2.86. The molecule has 0 aliphatic carbocycles. The number of aryl methyl sites for hydroxylation is 3. The molecule has 0 unspecified atom stereocenters. The first-order valence-corrected chi connectivity index (χ1v) is 5.16. The van der Waals surface area contributed by atoms with Crippen LogP contribution in [0.5, 0.6) is 0 Å². The number of hydrogen-bond acceptors (Lipinski definition) is 4. The normalized spacial score (nSPS) is 10.6. The summed E-state index contributed by atoms with van der Waals surface area (Å²) in [5.41, 5.74) is 6.21. The Bertz CT molecular complexity index is 528. The Balaban J connectivity index is 2.21. The predicted octanol–water partition coefficient (Wildman–Crippen LogP) is 1.08. The monoisotopic (exact) mass is 235 g/mol. The van der Waals surface area contributed by atoms with Crippen molar-refractivity contribution in [2.75, 3.05) is 5.73 Å². The first kappa shape index (κ1) is 11.3. The Morgan fingerprint density at radius 2 is 2.35 bits per heavy atom. The number of hydrogen-bond donors (Lipinski definition) is 2. The van der Waals surface area contributed by atoms with Crippen LogP contribution in [0.3, 0.4) is 0 Å². The van der Waals surface area contributed by atoms with Gasteiger partial charge in [-0.3, -0.25) is 4.68 Å². The summed E-state index contributed by atoms with van der Waals surface area (Å²) in [5, 5.41) is 13.2. The first-order valence-electron chi connectivity index (χ1n) is 5.16. The van der Waals surface area contributed by atoms with Crippen molar-refractivity contribution in [1.29, 1.82) is 0 Å². The SMILES string of the molecule is Cn1nc(CCc2ccco2)c(C(=O)O)c1N. The van der Waals surface area contributed by atoms with Crippen LogP contribution in [0.1, 0.15) is 21.8 Å². The van der Waals surface area contributed by atoms with Crippen molar-refractivity contribution in [1.82, 2.24) is 9.78 Å². The third kappa shape index (κ3) is 2.15. The fraction of sp³-hybridized carbons (Fsp3) is 0.273. The molecular weight excluding hydrogens is 222 g/mol. The molecular formula is C11H13N3O3. The molecule has 6 heteroatoms. The van der Waals surface area contributed by atoms with Gasteiger partial charge in [0, 0.05) is 13.5 Å². The third-order valence-corrected chi connectivity index (χ3v) is 2.57. The summed E-state index contributed by atoms with van der Waals surface area (Å²) in [6.45, 7) is 0. The van der Waals surface area contributed by atoms with E-state index in [-0.39, 0.29) is 11.4 Å². The summed E-state index contributed by atoms with van der Waals surface area (Å²) in [7, 11) is 1.62. The molecule has 0 fully saturated rings. The molecule has 2 aromatic rings. The largest absolute Gasteiger partial charge is 0.477 e. The van der Waals surface area contributed by atoms with Gasteiger partial charge in [-0.25, -0.2) is 4.79 Å². The number of nitrogens with two attached hydrogens (primary N) is 1. The summed E-state index contributed by atoms with van der Waals surface area (Å²) < 4.78 is 6.56. The molecule has 0 aliphatic heterocycles. The van der Waals surface area contributed by atoms with Gasteiger partial charge in [0.1, 0.15) is 17.1 Å². The van der Waals surface area contributed by atoms with Crippen molar-refractivity contribution in [2.24, 2.45) is 7.05 Å². The average molecular weight is 235 g/mol. The number of nitrogen functional groups attached to an aromatic ring is 1. The molecule has 0 saturated heterocycles. The van der Waals surface area contributed by atoms with Crippen molar-refractivity contribution in [2.45, 2.75) is 12.8 Å².